The topological polar surface area (TPSA) is 71.1 Å². The van der Waals surface area contributed by atoms with E-state index in [1.54, 1.807) is 25.2 Å². The summed E-state index contributed by atoms with van der Waals surface area (Å²) in [5, 5.41) is 6.38. The van der Waals surface area contributed by atoms with Gasteiger partial charge in [0.15, 0.2) is 0 Å². The standard InChI is InChI=1S/C22H27F2N3O2S/c1-13(2)20(27-21(28)19-14(23)7-5-8-15(19)24)22(29)25-12-6-11-18-26-16-9-3-4-10-17(16)30-18/h5,7-8,13,20H,3-4,6,9-12H2,1-2H3,(H,25,29)(H,27,28). The molecule has 0 saturated heterocycles. The van der Waals surface area contributed by atoms with Crippen molar-refractivity contribution in [2.24, 2.45) is 5.92 Å². The quantitative estimate of drug-likeness (QED) is 0.620. The first-order valence-electron chi connectivity index (χ1n) is 10.4. The molecule has 2 N–H and O–H groups in total. The Hall–Kier alpha value is -2.35. The van der Waals surface area contributed by atoms with Crippen molar-refractivity contribution in [3.8, 4) is 0 Å². The molecule has 1 unspecified atom stereocenters. The van der Waals surface area contributed by atoms with E-state index in [4.69, 9.17) is 4.98 Å². The van der Waals surface area contributed by atoms with Gasteiger partial charge in [0, 0.05) is 17.8 Å². The molecule has 162 valence electrons. The van der Waals surface area contributed by atoms with Gasteiger partial charge in [-0.1, -0.05) is 19.9 Å². The SMILES string of the molecule is CC(C)C(NC(=O)c1c(F)cccc1F)C(=O)NCCCc1nc2c(s1)CCCC2. The van der Waals surface area contributed by atoms with Crippen molar-refractivity contribution in [1.29, 1.82) is 0 Å². The second-order valence-electron chi connectivity index (χ2n) is 7.87. The number of aryl methyl sites for hydroxylation is 3. The summed E-state index contributed by atoms with van der Waals surface area (Å²) in [5.41, 5.74) is 0.553. The van der Waals surface area contributed by atoms with E-state index in [-0.39, 0.29) is 11.8 Å². The van der Waals surface area contributed by atoms with Crippen molar-refractivity contribution in [1.82, 2.24) is 15.6 Å². The number of amides is 2. The molecule has 1 heterocycles. The lowest BCUT2D eigenvalue weighted by atomic mass is 10.0. The van der Waals surface area contributed by atoms with E-state index in [9.17, 15) is 18.4 Å². The van der Waals surface area contributed by atoms with E-state index in [0.29, 0.717) is 6.54 Å². The van der Waals surface area contributed by atoms with Crippen LogP contribution in [0.5, 0.6) is 0 Å². The maximum Gasteiger partial charge on any atom is 0.257 e. The van der Waals surface area contributed by atoms with Gasteiger partial charge in [0.1, 0.15) is 23.2 Å². The van der Waals surface area contributed by atoms with Gasteiger partial charge in [0.05, 0.1) is 10.7 Å². The summed E-state index contributed by atoms with van der Waals surface area (Å²) in [6.07, 6.45) is 6.12. The molecule has 30 heavy (non-hydrogen) atoms. The molecule has 0 fully saturated rings. The minimum absolute atomic E-state index is 0.241. The van der Waals surface area contributed by atoms with Crippen molar-refractivity contribution >= 4 is 23.2 Å². The van der Waals surface area contributed by atoms with Crippen LogP contribution < -0.4 is 10.6 Å². The number of thiazole rings is 1. The number of hydrogen-bond donors (Lipinski definition) is 2. The summed E-state index contributed by atoms with van der Waals surface area (Å²) >= 11 is 1.76. The van der Waals surface area contributed by atoms with Gasteiger partial charge < -0.3 is 10.6 Å². The molecule has 1 atom stereocenters. The smallest absolute Gasteiger partial charge is 0.257 e. The summed E-state index contributed by atoms with van der Waals surface area (Å²) < 4.78 is 27.7. The third-order valence-electron chi connectivity index (χ3n) is 5.18. The molecular weight excluding hydrogens is 408 g/mol. The number of rotatable bonds is 8. The van der Waals surface area contributed by atoms with Crippen LogP contribution >= 0.6 is 11.3 Å². The number of benzene rings is 1. The highest BCUT2D eigenvalue weighted by molar-refractivity contribution is 7.11. The van der Waals surface area contributed by atoms with E-state index < -0.39 is 29.1 Å². The van der Waals surface area contributed by atoms with Crippen LogP contribution in [-0.2, 0) is 24.1 Å². The van der Waals surface area contributed by atoms with Gasteiger partial charge in [-0.15, -0.1) is 11.3 Å². The Bertz CT molecular complexity index is 870. The van der Waals surface area contributed by atoms with Gasteiger partial charge in [-0.2, -0.15) is 0 Å². The molecule has 1 aliphatic rings. The van der Waals surface area contributed by atoms with Gasteiger partial charge >= 0.3 is 0 Å². The Balaban J connectivity index is 1.51. The molecule has 0 aliphatic heterocycles. The Morgan fingerprint density at radius 1 is 1.17 bits per heavy atom. The molecular formula is C22H27F2N3O2S. The number of carbonyl (C=O) groups is 2. The van der Waals surface area contributed by atoms with Crippen LogP contribution in [0.1, 0.15) is 59.0 Å². The minimum atomic E-state index is -0.957. The van der Waals surface area contributed by atoms with Crippen LogP contribution in [0.4, 0.5) is 8.78 Å². The van der Waals surface area contributed by atoms with Crippen molar-refractivity contribution in [2.45, 2.75) is 58.4 Å². The fraction of sp³-hybridized carbons (Fsp3) is 0.500. The molecule has 0 saturated carbocycles. The number of halogens is 2. The largest absolute Gasteiger partial charge is 0.354 e. The zero-order valence-electron chi connectivity index (χ0n) is 17.3. The summed E-state index contributed by atoms with van der Waals surface area (Å²) in [5.74, 6) is -3.46. The number of aromatic nitrogens is 1. The molecule has 1 aromatic heterocycles. The van der Waals surface area contributed by atoms with Crippen LogP contribution in [0.3, 0.4) is 0 Å². The van der Waals surface area contributed by atoms with Crippen LogP contribution in [0.25, 0.3) is 0 Å². The molecule has 2 aromatic rings. The zero-order valence-corrected chi connectivity index (χ0v) is 18.1. The fourth-order valence-corrected chi connectivity index (χ4v) is 4.74. The molecule has 8 heteroatoms. The lowest BCUT2D eigenvalue weighted by Crippen LogP contribution is -2.50. The fourth-order valence-electron chi connectivity index (χ4n) is 3.54. The van der Waals surface area contributed by atoms with E-state index in [0.717, 1.165) is 42.8 Å². The lowest BCUT2D eigenvalue weighted by molar-refractivity contribution is -0.123. The number of nitrogens with zero attached hydrogens (tertiary/aromatic N) is 1. The molecule has 1 aromatic carbocycles. The average Bonchev–Trinajstić information content (AvgIpc) is 3.11. The van der Waals surface area contributed by atoms with Crippen molar-refractivity contribution in [3.63, 3.8) is 0 Å². The molecule has 2 amide bonds. The van der Waals surface area contributed by atoms with E-state index in [1.165, 1.54) is 29.5 Å². The van der Waals surface area contributed by atoms with Crippen molar-refractivity contribution in [2.75, 3.05) is 6.54 Å². The first kappa shape index (κ1) is 22.3. The van der Waals surface area contributed by atoms with Crippen LogP contribution in [-0.4, -0.2) is 29.4 Å². The first-order chi connectivity index (χ1) is 14.4. The monoisotopic (exact) mass is 435 g/mol. The van der Waals surface area contributed by atoms with Gasteiger partial charge in [-0.25, -0.2) is 13.8 Å². The Morgan fingerprint density at radius 2 is 1.87 bits per heavy atom. The predicted octanol–water partition coefficient (Wildman–Crippen LogP) is 3.80. The summed E-state index contributed by atoms with van der Waals surface area (Å²) in [4.78, 5) is 31.0. The summed E-state index contributed by atoms with van der Waals surface area (Å²) in [6, 6.07) is 2.33. The number of hydrogen-bond acceptors (Lipinski definition) is 4. The molecule has 5 nitrogen and oxygen atoms in total. The normalized spacial score (nSPS) is 14.3. The van der Waals surface area contributed by atoms with Gasteiger partial charge in [0.2, 0.25) is 5.91 Å². The highest BCUT2D eigenvalue weighted by Gasteiger charge is 2.27. The predicted molar refractivity (Wildman–Crippen MR) is 113 cm³/mol. The minimum Gasteiger partial charge on any atom is -0.354 e. The number of nitrogens with one attached hydrogen (secondary N) is 2. The van der Waals surface area contributed by atoms with E-state index in [2.05, 4.69) is 10.6 Å². The van der Waals surface area contributed by atoms with Gasteiger partial charge in [0.25, 0.3) is 5.91 Å². The second-order valence-corrected chi connectivity index (χ2v) is 9.04. The van der Waals surface area contributed by atoms with Crippen LogP contribution in [0, 0.1) is 17.6 Å². The molecule has 0 bridgehead atoms. The Labute approximate surface area is 179 Å². The van der Waals surface area contributed by atoms with Gasteiger partial charge in [-0.3, -0.25) is 9.59 Å². The van der Waals surface area contributed by atoms with E-state index >= 15 is 0 Å². The van der Waals surface area contributed by atoms with E-state index in [1.807, 2.05) is 0 Å². The third-order valence-corrected chi connectivity index (χ3v) is 6.40. The second kappa shape index (κ2) is 10.1. The Morgan fingerprint density at radius 3 is 2.53 bits per heavy atom. The lowest BCUT2D eigenvalue weighted by Gasteiger charge is -2.22. The van der Waals surface area contributed by atoms with Crippen molar-refractivity contribution < 1.29 is 18.4 Å². The maximum absolute atomic E-state index is 13.8. The highest BCUT2D eigenvalue weighted by atomic mass is 32.1. The highest BCUT2D eigenvalue weighted by Crippen LogP contribution is 2.27. The number of carbonyl (C=O) groups excluding carboxylic acids is 2. The number of fused-ring (bicyclic) bond motifs is 1. The maximum atomic E-state index is 13.8. The molecule has 0 spiro atoms. The molecule has 0 radical (unpaired) electrons. The molecule has 1 aliphatic carbocycles. The Kier molecular flexibility index (Phi) is 7.53. The van der Waals surface area contributed by atoms with Crippen molar-refractivity contribution in [3.05, 3.63) is 51.0 Å². The van der Waals surface area contributed by atoms with Crippen LogP contribution in [0.2, 0.25) is 0 Å². The molecule has 3 rings (SSSR count). The summed E-state index contributed by atoms with van der Waals surface area (Å²) in [7, 11) is 0. The first-order valence-corrected chi connectivity index (χ1v) is 11.2. The average molecular weight is 436 g/mol. The van der Waals surface area contributed by atoms with Crippen LogP contribution in [0.15, 0.2) is 18.2 Å². The van der Waals surface area contributed by atoms with Gasteiger partial charge in [-0.05, 0) is 50.2 Å². The summed E-state index contributed by atoms with van der Waals surface area (Å²) in [6.45, 7) is 3.97. The third kappa shape index (κ3) is 5.41. The zero-order chi connectivity index (χ0) is 21.7.